The molecule has 18 heavy (non-hydrogen) atoms. The van der Waals surface area contributed by atoms with Crippen molar-refractivity contribution in [3.63, 3.8) is 0 Å². The second-order valence-corrected chi connectivity index (χ2v) is 4.63. The number of nitrogens with two attached hydrogens (primary N) is 1. The van der Waals surface area contributed by atoms with Crippen LogP contribution in [0.2, 0.25) is 0 Å². The number of halogens is 1. The maximum atomic E-state index is 11.7. The molecule has 0 spiro atoms. The molecule has 2 unspecified atom stereocenters. The Labute approximate surface area is 116 Å². The number of carbonyl (C=O) groups excluding carboxylic acids is 1. The van der Waals surface area contributed by atoms with E-state index in [1.165, 1.54) is 5.56 Å². The van der Waals surface area contributed by atoms with Crippen LogP contribution in [0.3, 0.4) is 0 Å². The molecule has 1 rings (SSSR count). The Hall–Kier alpha value is -1.06. The average molecular weight is 271 g/mol. The second-order valence-electron chi connectivity index (χ2n) is 4.63. The third-order valence-corrected chi connectivity index (χ3v) is 2.78. The number of rotatable bonds is 6. The van der Waals surface area contributed by atoms with E-state index in [1.54, 1.807) is 0 Å². The van der Waals surface area contributed by atoms with Gasteiger partial charge in [-0.25, -0.2) is 0 Å². The van der Waals surface area contributed by atoms with Crippen LogP contribution in [0.4, 0.5) is 0 Å². The maximum Gasteiger partial charge on any atom is 0.220 e. The van der Waals surface area contributed by atoms with E-state index in [0.717, 1.165) is 6.42 Å². The van der Waals surface area contributed by atoms with Crippen molar-refractivity contribution < 1.29 is 4.79 Å². The van der Waals surface area contributed by atoms with Gasteiger partial charge in [-0.1, -0.05) is 37.3 Å². The van der Waals surface area contributed by atoms with Gasteiger partial charge in [0.05, 0.1) is 0 Å². The zero-order valence-electron chi connectivity index (χ0n) is 11.1. The summed E-state index contributed by atoms with van der Waals surface area (Å²) in [7, 11) is 0. The number of hydrogen-bond acceptors (Lipinski definition) is 2. The van der Waals surface area contributed by atoms with Crippen LogP contribution in [0.5, 0.6) is 0 Å². The quantitative estimate of drug-likeness (QED) is 0.834. The highest BCUT2D eigenvalue weighted by molar-refractivity contribution is 5.85. The summed E-state index contributed by atoms with van der Waals surface area (Å²) < 4.78 is 0. The highest BCUT2D eigenvalue weighted by Crippen LogP contribution is 2.17. The van der Waals surface area contributed by atoms with Crippen molar-refractivity contribution in [2.24, 2.45) is 5.73 Å². The number of amides is 1. The lowest BCUT2D eigenvalue weighted by Crippen LogP contribution is -2.29. The van der Waals surface area contributed by atoms with Gasteiger partial charge in [0.25, 0.3) is 0 Å². The normalized spacial score (nSPS) is 13.3. The molecule has 3 N–H and O–H groups in total. The van der Waals surface area contributed by atoms with E-state index in [1.807, 2.05) is 25.1 Å². The van der Waals surface area contributed by atoms with E-state index >= 15 is 0 Å². The van der Waals surface area contributed by atoms with E-state index in [2.05, 4.69) is 24.4 Å². The molecule has 0 fully saturated rings. The molecule has 0 radical (unpaired) electrons. The summed E-state index contributed by atoms with van der Waals surface area (Å²) in [5.74, 6) is 0.355. The smallest absolute Gasteiger partial charge is 0.220 e. The lowest BCUT2D eigenvalue weighted by atomic mass is 9.97. The molecule has 1 amide bonds. The van der Waals surface area contributed by atoms with Gasteiger partial charge < -0.3 is 11.1 Å². The van der Waals surface area contributed by atoms with Crippen molar-refractivity contribution in [3.8, 4) is 0 Å². The number of hydrogen-bond donors (Lipinski definition) is 2. The van der Waals surface area contributed by atoms with E-state index in [0.29, 0.717) is 13.0 Å². The maximum absolute atomic E-state index is 11.7. The summed E-state index contributed by atoms with van der Waals surface area (Å²) in [5, 5.41) is 2.90. The molecule has 3 nitrogen and oxygen atoms in total. The van der Waals surface area contributed by atoms with E-state index in [9.17, 15) is 4.79 Å². The van der Waals surface area contributed by atoms with Crippen molar-refractivity contribution in [2.45, 2.75) is 38.6 Å². The number of nitrogens with one attached hydrogen (secondary N) is 1. The SMILES string of the molecule is CC(N)CCNC(=O)CC(C)c1ccccc1.Cl. The first-order chi connectivity index (χ1) is 8.09. The Bertz CT molecular complexity index is 341. The Kier molecular flexibility index (Phi) is 8.42. The fourth-order valence-electron chi connectivity index (χ4n) is 1.69. The van der Waals surface area contributed by atoms with Crippen LogP contribution in [0.15, 0.2) is 30.3 Å². The number of benzene rings is 1. The molecular weight excluding hydrogens is 248 g/mol. The van der Waals surface area contributed by atoms with E-state index in [-0.39, 0.29) is 30.3 Å². The molecule has 4 heteroatoms. The fraction of sp³-hybridized carbons (Fsp3) is 0.500. The number of carbonyl (C=O) groups is 1. The van der Waals surface area contributed by atoms with Crippen molar-refractivity contribution >= 4 is 18.3 Å². The highest BCUT2D eigenvalue weighted by atomic mass is 35.5. The molecule has 0 heterocycles. The van der Waals surface area contributed by atoms with Crippen LogP contribution >= 0.6 is 12.4 Å². The topological polar surface area (TPSA) is 55.1 Å². The average Bonchev–Trinajstić information content (AvgIpc) is 2.29. The van der Waals surface area contributed by atoms with Crippen LogP contribution < -0.4 is 11.1 Å². The van der Waals surface area contributed by atoms with Gasteiger partial charge in [-0.3, -0.25) is 4.79 Å². The van der Waals surface area contributed by atoms with Crippen LogP contribution in [0.25, 0.3) is 0 Å². The lowest BCUT2D eigenvalue weighted by Gasteiger charge is -2.12. The molecule has 0 saturated carbocycles. The third kappa shape index (κ3) is 6.62. The van der Waals surface area contributed by atoms with Gasteiger partial charge in [-0.2, -0.15) is 0 Å². The minimum atomic E-state index is 0. The second kappa shape index (κ2) is 8.95. The largest absolute Gasteiger partial charge is 0.356 e. The minimum absolute atomic E-state index is 0. The summed E-state index contributed by atoms with van der Waals surface area (Å²) >= 11 is 0. The lowest BCUT2D eigenvalue weighted by molar-refractivity contribution is -0.121. The van der Waals surface area contributed by atoms with Gasteiger partial charge in [0, 0.05) is 19.0 Å². The third-order valence-electron chi connectivity index (χ3n) is 2.78. The Morgan fingerprint density at radius 2 is 1.89 bits per heavy atom. The van der Waals surface area contributed by atoms with Crippen molar-refractivity contribution in [3.05, 3.63) is 35.9 Å². The summed E-state index contributed by atoms with van der Waals surface area (Å²) in [5.41, 5.74) is 6.82. The van der Waals surface area contributed by atoms with Gasteiger partial charge >= 0.3 is 0 Å². The van der Waals surface area contributed by atoms with Crippen molar-refractivity contribution in [1.82, 2.24) is 5.32 Å². The first-order valence-electron chi connectivity index (χ1n) is 6.17. The monoisotopic (exact) mass is 270 g/mol. The molecule has 1 aromatic carbocycles. The molecule has 0 aromatic heterocycles. The van der Waals surface area contributed by atoms with E-state index < -0.39 is 0 Å². The molecule has 102 valence electrons. The van der Waals surface area contributed by atoms with Gasteiger partial charge in [-0.15, -0.1) is 12.4 Å². The Balaban J connectivity index is 0.00000289. The zero-order valence-corrected chi connectivity index (χ0v) is 11.9. The summed E-state index contributed by atoms with van der Waals surface area (Å²) in [6.45, 7) is 4.68. The van der Waals surface area contributed by atoms with Crippen LogP contribution in [0, 0.1) is 0 Å². The highest BCUT2D eigenvalue weighted by Gasteiger charge is 2.10. The summed E-state index contributed by atoms with van der Waals surface area (Å²) in [6, 6.07) is 10.2. The zero-order chi connectivity index (χ0) is 12.7. The van der Waals surface area contributed by atoms with Crippen LogP contribution in [0.1, 0.15) is 38.2 Å². The van der Waals surface area contributed by atoms with Crippen molar-refractivity contribution in [2.75, 3.05) is 6.54 Å². The van der Waals surface area contributed by atoms with Gasteiger partial charge in [-0.05, 0) is 24.8 Å². The minimum Gasteiger partial charge on any atom is -0.356 e. The Morgan fingerprint density at radius 1 is 1.28 bits per heavy atom. The summed E-state index contributed by atoms with van der Waals surface area (Å²) in [6.07, 6.45) is 1.36. The summed E-state index contributed by atoms with van der Waals surface area (Å²) in [4.78, 5) is 11.7. The van der Waals surface area contributed by atoms with Gasteiger partial charge in [0.15, 0.2) is 0 Å². The molecule has 0 saturated heterocycles. The molecule has 0 aliphatic carbocycles. The predicted molar refractivity (Wildman–Crippen MR) is 78.0 cm³/mol. The molecule has 1 aromatic rings. The first kappa shape index (κ1) is 16.9. The van der Waals surface area contributed by atoms with Gasteiger partial charge in [0.2, 0.25) is 5.91 Å². The molecule has 0 bridgehead atoms. The van der Waals surface area contributed by atoms with E-state index in [4.69, 9.17) is 5.73 Å². The Morgan fingerprint density at radius 3 is 2.44 bits per heavy atom. The predicted octanol–water partition coefficient (Wildman–Crippen LogP) is 2.46. The van der Waals surface area contributed by atoms with Gasteiger partial charge in [0.1, 0.15) is 0 Å². The fourth-order valence-corrected chi connectivity index (χ4v) is 1.69. The van der Waals surface area contributed by atoms with Crippen molar-refractivity contribution in [1.29, 1.82) is 0 Å². The van der Waals surface area contributed by atoms with Crippen LogP contribution in [-0.2, 0) is 4.79 Å². The molecule has 0 aliphatic heterocycles. The molecule has 2 atom stereocenters. The standard InChI is InChI=1S/C14H22N2O.ClH/c1-11(13-6-4-3-5-7-13)10-14(17)16-9-8-12(2)15;/h3-7,11-12H,8-10,15H2,1-2H3,(H,16,17);1H. The molecular formula is C14H23ClN2O. The van der Waals surface area contributed by atoms with Crippen LogP contribution in [-0.4, -0.2) is 18.5 Å². The first-order valence-corrected chi connectivity index (χ1v) is 6.17. The molecule has 0 aliphatic rings.